The summed E-state index contributed by atoms with van der Waals surface area (Å²) in [5.74, 6) is 0.853. The van der Waals surface area contributed by atoms with E-state index in [-0.39, 0.29) is 4.75 Å². The maximum Gasteiger partial charge on any atom is 0.144 e. The molecule has 1 aromatic carbocycles. The summed E-state index contributed by atoms with van der Waals surface area (Å²) in [7, 11) is -1.21. The SMILES string of the molecule is CCCOc1ccc(C=NS(=O)C(C)(C)C)cc1. The highest BCUT2D eigenvalue weighted by atomic mass is 32.2. The lowest BCUT2D eigenvalue weighted by atomic mass is 10.2. The van der Waals surface area contributed by atoms with Gasteiger partial charge in [-0.1, -0.05) is 6.92 Å². The molecule has 4 heteroatoms. The molecular weight excluding hydrogens is 246 g/mol. The third kappa shape index (κ3) is 5.00. The van der Waals surface area contributed by atoms with Gasteiger partial charge in [0.25, 0.3) is 0 Å². The molecule has 0 amide bonds. The van der Waals surface area contributed by atoms with Gasteiger partial charge in [0.15, 0.2) is 0 Å². The van der Waals surface area contributed by atoms with E-state index in [1.54, 1.807) is 6.21 Å². The maximum absolute atomic E-state index is 11.7. The van der Waals surface area contributed by atoms with Crippen molar-refractivity contribution in [3.05, 3.63) is 29.8 Å². The number of rotatable bonds is 5. The number of benzene rings is 1. The first-order valence-electron chi connectivity index (χ1n) is 6.12. The van der Waals surface area contributed by atoms with Crippen molar-refractivity contribution in [2.75, 3.05) is 6.61 Å². The Balaban J connectivity index is 2.64. The highest BCUT2D eigenvalue weighted by Crippen LogP contribution is 2.14. The summed E-state index contributed by atoms with van der Waals surface area (Å²) in [4.78, 5) is 0. The fraction of sp³-hybridized carbons (Fsp3) is 0.500. The van der Waals surface area contributed by atoms with Gasteiger partial charge in [-0.3, -0.25) is 0 Å². The predicted molar refractivity (Wildman–Crippen MR) is 77.7 cm³/mol. The summed E-state index contributed by atoms with van der Waals surface area (Å²) in [6, 6.07) is 7.62. The van der Waals surface area contributed by atoms with Gasteiger partial charge in [-0.15, -0.1) is 0 Å². The zero-order valence-electron chi connectivity index (χ0n) is 11.5. The molecule has 0 spiro atoms. The molecule has 0 bridgehead atoms. The van der Waals surface area contributed by atoms with Crippen molar-refractivity contribution in [2.45, 2.75) is 38.9 Å². The Bertz CT molecular complexity index is 418. The minimum absolute atomic E-state index is 0.319. The van der Waals surface area contributed by atoms with Crippen LogP contribution in [0.5, 0.6) is 5.75 Å². The summed E-state index contributed by atoms with van der Waals surface area (Å²) in [5.41, 5.74) is 0.927. The Morgan fingerprint density at radius 3 is 2.39 bits per heavy atom. The topological polar surface area (TPSA) is 38.7 Å². The van der Waals surface area contributed by atoms with Crippen molar-refractivity contribution in [1.82, 2.24) is 0 Å². The van der Waals surface area contributed by atoms with Gasteiger partial charge in [-0.05, 0) is 57.0 Å². The second-order valence-electron chi connectivity index (χ2n) is 5.01. The van der Waals surface area contributed by atoms with E-state index >= 15 is 0 Å². The number of nitrogens with zero attached hydrogens (tertiary/aromatic N) is 1. The van der Waals surface area contributed by atoms with Crippen LogP contribution in [0.25, 0.3) is 0 Å². The number of hydrogen-bond donors (Lipinski definition) is 0. The molecule has 0 aliphatic heterocycles. The smallest absolute Gasteiger partial charge is 0.144 e. The van der Waals surface area contributed by atoms with Gasteiger partial charge in [0.05, 0.1) is 11.4 Å². The first-order chi connectivity index (χ1) is 8.43. The van der Waals surface area contributed by atoms with Crippen LogP contribution in [0.4, 0.5) is 0 Å². The van der Waals surface area contributed by atoms with Crippen LogP contribution in [0.15, 0.2) is 28.7 Å². The third-order valence-corrected chi connectivity index (χ3v) is 3.52. The van der Waals surface area contributed by atoms with Crippen LogP contribution in [-0.2, 0) is 11.0 Å². The molecule has 0 N–H and O–H groups in total. The van der Waals surface area contributed by atoms with Crippen LogP contribution in [0.3, 0.4) is 0 Å². The zero-order valence-corrected chi connectivity index (χ0v) is 12.3. The van der Waals surface area contributed by atoms with Gasteiger partial charge < -0.3 is 4.74 Å². The predicted octanol–water partition coefficient (Wildman–Crippen LogP) is 3.36. The quantitative estimate of drug-likeness (QED) is 0.767. The van der Waals surface area contributed by atoms with E-state index in [4.69, 9.17) is 4.74 Å². The monoisotopic (exact) mass is 267 g/mol. The second-order valence-corrected chi connectivity index (χ2v) is 6.95. The van der Waals surface area contributed by atoms with Crippen molar-refractivity contribution in [3.8, 4) is 5.75 Å². The molecule has 0 aliphatic carbocycles. The van der Waals surface area contributed by atoms with Crippen molar-refractivity contribution < 1.29 is 8.95 Å². The van der Waals surface area contributed by atoms with Gasteiger partial charge in [-0.25, -0.2) is 4.21 Å². The molecule has 1 rings (SSSR count). The molecule has 1 unspecified atom stereocenters. The lowest BCUT2D eigenvalue weighted by Crippen LogP contribution is -2.19. The zero-order chi connectivity index (χ0) is 13.6. The standard InChI is InChI=1S/C14H21NO2S/c1-5-10-17-13-8-6-12(7-9-13)11-15-18(16)14(2,3)4/h6-9,11H,5,10H2,1-4H3. The van der Waals surface area contributed by atoms with Crippen molar-refractivity contribution in [2.24, 2.45) is 4.40 Å². The second kappa shape index (κ2) is 6.69. The molecule has 0 fully saturated rings. The van der Waals surface area contributed by atoms with Crippen LogP contribution in [-0.4, -0.2) is 21.8 Å². The first-order valence-corrected chi connectivity index (χ1v) is 7.23. The van der Waals surface area contributed by atoms with Gasteiger partial charge in [0, 0.05) is 6.21 Å². The Kier molecular flexibility index (Phi) is 5.54. The van der Waals surface area contributed by atoms with E-state index < -0.39 is 11.0 Å². The molecule has 0 heterocycles. The number of hydrogen-bond acceptors (Lipinski definition) is 2. The highest BCUT2D eigenvalue weighted by molar-refractivity contribution is 7.85. The van der Waals surface area contributed by atoms with Gasteiger partial charge >= 0.3 is 0 Å². The lowest BCUT2D eigenvalue weighted by molar-refractivity contribution is 0.317. The summed E-state index contributed by atoms with van der Waals surface area (Å²) >= 11 is 0. The van der Waals surface area contributed by atoms with E-state index in [2.05, 4.69) is 11.3 Å². The minimum atomic E-state index is -1.21. The molecule has 0 saturated heterocycles. The normalized spacial score (nSPS) is 13.8. The van der Waals surface area contributed by atoms with Crippen LogP contribution in [0.2, 0.25) is 0 Å². The van der Waals surface area contributed by atoms with Crippen molar-refractivity contribution in [3.63, 3.8) is 0 Å². The first kappa shape index (κ1) is 14.9. The molecule has 0 saturated carbocycles. The fourth-order valence-electron chi connectivity index (χ4n) is 1.14. The van der Waals surface area contributed by atoms with Gasteiger partial charge in [0.1, 0.15) is 16.7 Å². The van der Waals surface area contributed by atoms with E-state index in [9.17, 15) is 4.21 Å². The molecule has 3 nitrogen and oxygen atoms in total. The summed E-state index contributed by atoms with van der Waals surface area (Å²) in [5, 5.41) is 0. The average molecular weight is 267 g/mol. The Morgan fingerprint density at radius 1 is 1.28 bits per heavy atom. The summed E-state index contributed by atoms with van der Waals surface area (Å²) in [6.45, 7) is 8.51. The molecule has 1 atom stereocenters. The molecule has 0 radical (unpaired) electrons. The van der Waals surface area contributed by atoms with E-state index in [1.807, 2.05) is 45.0 Å². The molecule has 100 valence electrons. The largest absolute Gasteiger partial charge is 0.494 e. The third-order valence-electron chi connectivity index (χ3n) is 2.17. The van der Waals surface area contributed by atoms with Crippen LogP contribution in [0.1, 0.15) is 39.7 Å². The summed E-state index contributed by atoms with van der Waals surface area (Å²) in [6.07, 6.45) is 2.64. The van der Waals surface area contributed by atoms with Crippen molar-refractivity contribution in [1.29, 1.82) is 0 Å². The molecule has 0 aromatic heterocycles. The van der Waals surface area contributed by atoms with Crippen molar-refractivity contribution >= 4 is 17.2 Å². The van der Waals surface area contributed by atoms with E-state index in [0.29, 0.717) is 0 Å². The van der Waals surface area contributed by atoms with E-state index in [1.165, 1.54) is 0 Å². The Labute approximate surface area is 112 Å². The average Bonchev–Trinajstić information content (AvgIpc) is 2.33. The van der Waals surface area contributed by atoms with Gasteiger partial charge in [-0.2, -0.15) is 4.40 Å². The number of ether oxygens (including phenoxy) is 1. The van der Waals surface area contributed by atoms with Crippen LogP contribution in [0, 0.1) is 0 Å². The Morgan fingerprint density at radius 2 is 1.89 bits per heavy atom. The highest BCUT2D eigenvalue weighted by Gasteiger charge is 2.17. The molecule has 18 heavy (non-hydrogen) atoms. The lowest BCUT2D eigenvalue weighted by Gasteiger charge is -2.12. The van der Waals surface area contributed by atoms with Crippen LogP contribution < -0.4 is 4.74 Å². The van der Waals surface area contributed by atoms with Crippen LogP contribution >= 0.6 is 0 Å². The fourth-order valence-corrected chi connectivity index (χ4v) is 1.67. The Hall–Kier alpha value is -1.16. The maximum atomic E-state index is 11.7. The molecular formula is C14H21NO2S. The molecule has 1 aromatic rings. The minimum Gasteiger partial charge on any atom is -0.494 e. The summed E-state index contributed by atoms with van der Waals surface area (Å²) < 4.78 is 21.0. The van der Waals surface area contributed by atoms with Gasteiger partial charge in [0.2, 0.25) is 0 Å². The van der Waals surface area contributed by atoms with E-state index in [0.717, 1.165) is 24.3 Å². The molecule has 0 aliphatic rings.